The van der Waals surface area contributed by atoms with Gasteiger partial charge >= 0.3 is 0 Å². The molecule has 0 aliphatic rings. The highest BCUT2D eigenvalue weighted by Crippen LogP contribution is 2.25. The van der Waals surface area contributed by atoms with Crippen LogP contribution in [0.5, 0.6) is 5.75 Å². The Morgan fingerprint density at radius 1 is 1.21 bits per heavy atom. The standard InChI is InChI=1S/C15H15N3O/c1-3-19-14-6-4-12(10-11(14)2)13-5-7-15-16-8-9-18(15)17-13/h4-10H,3H2,1-2H3. The number of rotatable bonds is 3. The number of fused-ring (bicyclic) bond motifs is 1. The lowest BCUT2D eigenvalue weighted by Gasteiger charge is -2.09. The normalized spacial score (nSPS) is 10.8. The predicted molar refractivity (Wildman–Crippen MR) is 74.3 cm³/mol. The summed E-state index contributed by atoms with van der Waals surface area (Å²) in [7, 11) is 0. The van der Waals surface area contributed by atoms with Gasteiger partial charge in [0.2, 0.25) is 0 Å². The fourth-order valence-corrected chi connectivity index (χ4v) is 2.10. The Kier molecular flexibility index (Phi) is 2.91. The molecule has 0 aliphatic carbocycles. The van der Waals surface area contributed by atoms with Gasteiger partial charge in [0.25, 0.3) is 0 Å². The van der Waals surface area contributed by atoms with Crippen molar-refractivity contribution < 1.29 is 4.74 Å². The average Bonchev–Trinajstić information content (AvgIpc) is 2.88. The molecule has 0 radical (unpaired) electrons. The van der Waals surface area contributed by atoms with Crippen LogP contribution in [0.2, 0.25) is 0 Å². The molecule has 0 atom stereocenters. The monoisotopic (exact) mass is 253 g/mol. The molecule has 1 aromatic carbocycles. The number of imidazole rings is 1. The molecule has 4 heteroatoms. The van der Waals surface area contributed by atoms with Crippen LogP contribution in [0.15, 0.2) is 42.7 Å². The zero-order valence-corrected chi connectivity index (χ0v) is 11.0. The molecular weight excluding hydrogens is 238 g/mol. The summed E-state index contributed by atoms with van der Waals surface area (Å²) in [6, 6.07) is 10.1. The van der Waals surface area contributed by atoms with Crippen LogP contribution in [0.1, 0.15) is 12.5 Å². The second-order valence-corrected chi connectivity index (χ2v) is 4.36. The summed E-state index contributed by atoms with van der Waals surface area (Å²) in [6.45, 7) is 4.71. The van der Waals surface area contributed by atoms with Crippen molar-refractivity contribution in [2.75, 3.05) is 6.61 Å². The lowest BCUT2D eigenvalue weighted by Crippen LogP contribution is -1.96. The SMILES string of the molecule is CCOc1ccc(-c2ccc3nccn3n2)cc1C. The first-order valence-electron chi connectivity index (χ1n) is 6.32. The molecule has 96 valence electrons. The molecule has 0 aliphatic heterocycles. The van der Waals surface area contributed by atoms with E-state index < -0.39 is 0 Å². The summed E-state index contributed by atoms with van der Waals surface area (Å²) in [5.41, 5.74) is 3.98. The molecule has 0 bridgehead atoms. The van der Waals surface area contributed by atoms with E-state index in [1.54, 1.807) is 10.7 Å². The molecular formula is C15H15N3O. The van der Waals surface area contributed by atoms with Gasteiger partial charge in [0.1, 0.15) is 5.75 Å². The quantitative estimate of drug-likeness (QED) is 0.720. The summed E-state index contributed by atoms with van der Waals surface area (Å²) in [4.78, 5) is 4.19. The maximum atomic E-state index is 5.55. The van der Waals surface area contributed by atoms with Gasteiger partial charge in [-0.2, -0.15) is 5.10 Å². The second kappa shape index (κ2) is 4.72. The summed E-state index contributed by atoms with van der Waals surface area (Å²) < 4.78 is 7.33. The molecule has 0 saturated heterocycles. The molecule has 2 aromatic heterocycles. The minimum Gasteiger partial charge on any atom is -0.494 e. The van der Waals surface area contributed by atoms with Gasteiger partial charge in [-0.05, 0) is 49.7 Å². The highest BCUT2D eigenvalue weighted by atomic mass is 16.5. The number of nitrogens with zero attached hydrogens (tertiary/aromatic N) is 3. The van der Waals surface area contributed by atoms with Crippen molar-refractivity contribution in [3.05, 3.63) is 48.3 Å². The van der Waals surface area contributed by atoms with Gasteiger partial charge in [0.15, 0.2) is 5.65 Å². The maximum absolute atomic E-state index is 5.55. The number of aromatic nitrogens is 3. The molecule has 2 heterocycles. The van der Waals surface area contributed by atoms with E-state index in [1.807, 2.05) is 44.3 Å². The number of hydrogen-bond acceptors (Lipinski definition) is 3. The first-order valence-corrected chi connectivity index (χ1v) is 6.32. The van der Waals surface area contributed by atoms with E-state index in [1.165, 1.54) is 0 Å². The largest absolute Gasteiger partial charge is 0.494 e. The molecule has 0 unspecified atom stereocenters. The third-order valence-corrected chi connectivity index (χ3v) is 3.03. The number of ether oxygens (including phenoxy) is 1. The van der Waals surface area contributed by atoms with Crippen LogP contribution in [0.25, 0.3) is 16.9 Å². The van der Waals surface area contributed by atoms with Gasteiger partial charge in [-0.15, -0.1) is 0 Å². The Hall–Kier alpha value is -2.36. The Balaban J connectivity index is 2.03. The summed E-state index contributed by atoms with van der Waals surface area (Å²) >= 11 is 0. The van der Waals surface area contributed by atoms with Gasteiger partial charge in [-0.25, -0.2) is 9.50 Å². The lowest BCUT2D eigenvalue weighted by molar-refractivity contribution is 0.338. The van der Waals surface area contributed by atoms with E-state index in [4.69, 9.17) is 4.74 Å². The fraction of sp³-hybridized carbons (Fsp3) is 0.200. The van der Waals surface area contributed by atoms with Crippen LogP contribution in [-0.2, 0) is 0 Å². The van der Waals surface area contributed by atoms with Crippen LogP contribution < -0.4 is 4.74 Å². The molecule has 4 nitrogen and oxygen atoms in total. The molecule has 0 saturated carbocycles. The fourth-order valence-electron chi connectivity index (χ4n) is 2.10. The molecule has 0 N–H and O–H groups in total. The number of benzene rings is 1. The zero-order valence-electron chi connectivity index (χ0n) is 11.0. The Labute approximate surface area is 111 Å². The van der Waals surface area contributed by atoms with Crippen molar-refractivity contribution in [3.8, 4) is 17.0 Å². The number of aryl methyl sites for hydroxylation is 1. The Morgan fingerprint density at radius 3 is 2.89 bits per heavy atom. The van der Waals surface area contributed by atoms with Gasteiger partial charge in [0, 0.05) is 18.0 Å². The third kappa shape index (κ3) is 2.17. The van der Waals surface area contributed by atoms with Gasteiger partial charge in [-0.1, -0.05) is 0 Å². The minimum atomic E-state index is 0.680. The summed E-state index contributed by atoms with van der Waals surface area (Å²) in [5, 5.41) is 4.54. The Morgan fingerprint density at radius 2 is 2.11 bits per heavy atom. The van der Waals surface area contributed by atoms with Crippen molar-refractivity contribution in [3.63, 3.8) is 0 Å². The first kappa shape index (κ1) is 11.7. The van der Waals surface area contributed by atoms with Crippen LogP contribution in [0, 0.1) is 6.92 Å². The van der Waals surface area contributed by atoms with Gasteiger partial charge in [-0.3, -0.25) is 0 Å². The van der Waals surface area contributed by atoms with E-state index >= 15 is 0 Å². The van der Waals surface area contributed by atoms with Crippen molar-refractivity contribution in [1.29, 1.82) is 0 Å². The van der Waals surface area contributed by atoms with Crippen molar-refractivity contribution >= 4 is 5.65 Å². The molecule has 19 heavy (non-hydrogen) atoms. The van der Waals surface area contributed by atoms with Crippen molar-refractivity contribution in [2.45, 2.75) is 13.8 Å². The molecule has 0 amide bonds. The Bertz CT molecular complexity index is 718. The topological polar surface area (TPSA) is 39.4 Å². The predicted octanol–water partition coefficient (Wildman–Crippen LogP) is 3.10. The zero-order chi connectivity index (χ0) is 13.2. The van der Waals surface area contributed by atoms with Crippen molar-refractivity contribution in [1.82, 2.24) is 14.6 Å². The van der Waals surface area contributed by atoms with E-state index in [2.05, 4.69) is 16.1 Å². The van der Waals surface area contributed by atoms with Crippen LogP contribution in [-0.4, -0.2) is 21.2 Å². The lowest BCUT2D eigenvalue weighted by atomic mass is 10.1. The minimum absolute atomic E-state index is 0.680. The highest BCUT2D eigenvalue weighted by molar-refractivity contribution is 5.62. The second-order valence-electron chi connectivity index (χ2n) is 4.36. The third-order valence-electron chi connectivity index (χ3n) is 3.03. The van der Waals surface area contributed by atoms with Crippen LogP contribution >= 0.6 is 0 Å². The molecule has 0 spiro atoms. The summed E-state index contributed by atoms with van der Waals surface area (Å²) in [5.74, 6) is 0.926. The van der Waals surface area contributed by atoms with E-state index in [0.717, 1.165) is 28.2 Å². The van der Waals surface area contributed by atoms with E-state index in [-0.39, 0.29) is 0 Å². The van der Waals surface area contributed by atoms with Crippen LogP contribution in [0.4, 0.5) is 0 Å². The molecule has 0 fully saturated rings. The van der Waals surface area contributed by atoms with Gasteiger partial charge < -0.3 is 4.74 Å². The highest BCUT2D eigenvalue weighted by Gasteiger charge is 2.05. The van der Waals surface area contributed by atoms with E-state index in [0.29, 0.717) is 6.61 Å². The van der Waals surface area contributed by atoms with Crippen molar-refractivity contribution in [2.24, 2.45) is 0 Å². The molecule has 3 rings (SSSR count). The van der Waals surface area contributed by atoms with Gasteiger partial charge in [0.05, 0.1) is 12.3 Å². The molecule has 3 aromatic rings. The summed E-state index contributed by atoms with van der Waals surface area (Å²) in [6.07, 6.45) is 3.59. The first-order chi connectivity index (χ1) is 9.28. The number of hydrogen-bond donors (Lipinski definition) is 0. The maximum Gasteiger partial charge on any atom is 0.153 e. The average molecular weight is 253 g/mol. The smallest absolute Gasteiger partial charge is 0.153 e. The van der Waals surface area contributed by atoms with Crippen LogP contribution in [0.3, 0.4) is 0 Å². The van der Waals surface area contributed by atoms with E-state index in [9.17, 15) is 0 Å².